The maximum atomic E-state index is 13.0. The van der Waals surface area contributed by atoms with Crippen molar-refractivity contribution in [2.75, 3.05) is 18.4 Å². The van der Waals surface area contributed by atoms with Gasteiger partial charge in [0.05, 0.1) is 0 Å². The highest BCUT2D eigenvalue weighted by atomic mass is 19.1. The third kappa shape index (κ3) is 3.49. The molecule has 18 heavy (non-hydrogen) atoms. The number of nitrogens with one attached hydrogen (secondary N) is 1. The Morgan fingerprint density at radius 1 is 1.17 bits per heavy atom. The summed E-state index contributed by atoms with van der Waals surface area (Å²) in [5, 5.41) is 2.99. The Hall–Kier alpha value is -2.01. The van der Waals surface area contributed by atoms with Crippen molar-refractivity contribution in [3.8, 4) is 0 Å². The Bertz CT molecular complexity index is 499. The van der Waals surface area contributed by atoms with Gasteiger partial charge in [0.2, 0.25) is 5.95 Å². The number of anilines is 1. The van der Waals surface area contributed by atoms with Crippen molar-refractivity contribution < 1.29 is 4.39 Å². The van der Waals surface area contributed by atoms with Gasteiger partial charge in [-0.25, -0.2) is 14.4 Å². The molecule has 4 nitrogen and oxygen atoms in total. The van der Waals surface area contributed by atoms with Gasteiger partial charge in [0, 0.05) is 31.9 Å². The van der Waals surface area contributed by atoms with Gasteiger partial charge >= 0.3 is 0 Å². The van der Waals surface area contributed by atoms with Crippen molar-refractivity contribution in [2.24, 2.45) is 5.73 Å². The van der Waals surface area contributed by atoms with E-state index in [4.69, 9.17) is 5.73 Å². The van der Waals surface area contributed by atoms with Crippen LogP contribution in [-0.2, 0) is 6.42 Å². The summed E-state index contributed by atoms with van der Waals surface area (Å²) in [5.41, 5.74) is 7.22. The molecule has 0 spiro atoms. The predicted molar refractivity (Wildman–Crippen MR) is 68.8 cm³/mol. The summed E-state index contributed by atoms with van der Waals surface area (Å²) >= 11 is 0. The lowest BCUT2D eigenvalue weighted by Crippen LogP contribution is -2.14. The zero-order chi connectivity index (χ0) is 12.8. The maximum Gasteiger partial charge on any atom is 0.222 e. The minimum Gasteiger partial charge on any atom is -0.353 e. The first kappa shape index (κ1) is 12.4. The van der Waals surface area contributed by atoms with Crippen LogP contribution in [0.5, 0.6) is 0 Å². The first-order valence-corrected chi connectivity index (χ1v) is 5.77. The van der Waals surface area contributed by atoms with Crippen molar-refractivity contribution in [3.05, 3.63) is 53.6 Å². The number of hydrogen-bond acceptors (Lipinski definition) is 4. The number of rotatable bonds is 5. The van der Waals surface area contributed by atoms with E-state index in [-0.39, 0.29) is 5.82 Å². The minimum absolute atomic E-state index is 0.227. The molecule has 94 valence electrons. The van der Waals surface area contributed by atoms with Crippen LogP contribution in [0.15, 0.2) is 36.7 Å². The molecule has 1 aromatic heterocycles. The molecule has 0 radical (unpaired) electrons. The third-order valence-corrected chi connectivity index (χ3v) is 2.43. The first-order valence-electron chi connectivity index (χ1n) is 5.77. The van der Waals surface area contributed by atoms with Crippen LogP contribution < -0.4 is 11.1 Å². The molecule has 1 heterocycles. The topological polar surface area (TPSA) is 63.8 Å². The summed E-state index contributed by atoms with van der Waals surface area (Å²) in [6, 6.07) is 6.52. The lowest BCUT2D eigenvalue weighted by atomic mass is 10.1. The Morgan fingerprint density at radius 2 is 1.94 bits per heavy atom. The highest BCUT2D eigenvalue weighted by molar-refractivity contribution is 5.28. The standard InChI is InChI=1S/C13H15FN4/c14-12-3-1-2-10(7-12)6-11-8-17-13(18-9-11)16-5-4-15/h1-3,7-9H,4-6,15H2,(H,16,17,18). The van der Waals surface area contributed by atoms with E-state index in [1.165, 1.54) is 12.1 Å². The fraction of sp³-hybridized carbons (Fsp3) is 0.231. The molecule has 3 N–H and O–H groups in total. The van der Waals surface area contributed by atoms with Gasteiger partial charge in [-0.15, -0.1) is 0 Å². The molecule has 5 heteroatoms. The van der Waals surface area contributed by atoms with Crippen LogP contribution in [0.2, 0.25) is 0 Å². The second kappa shape index (κ2) is 6.07. The lowest BCUT2D eigenvalue weighted by molar-refractivity contribution is 0.626. The van der Waals surface area contributed by atoms with Crippen molar-refractivity contribution in [3.63, 3.8) is 0 Å². The lowest BCUT2D eigenvalue weighted by Gasteiger charge is -2.04. The molecule has 2 aromatic rings. The fourth-order valence-electron chi connectivity index (χ4n) is 1.60. The highest BCUT2D eigenvalue weighted by Crippen LogP contribution is 2.10. The summed E-state index contributed by atoms with van der Waals surface area (Å²) in [7, 11) is 0. The second-order valence-corrected chi connectivity index (χ2v) is 3.94. The molecule has 0 aliphatic rings. The predicted octanol–water partition coefficient (Wildman–Crippen LogP) is 1.58. The summed E-state index contributed by atoms with van der Waals surface area (Å²) in [6.45, 7) is 1.18. The zero-order valence-electron chi connectivity index (χ0n) is 9.94. The van der Waals surface area contributed by atoms with Crippen LogP contribution in [0.1, 0.15) is 11.1 Å². The Balaban J connectivity index is 2.02. The fourth-order valence-corrected chi connectivity index (χ4v) is 1.60. The molecule has 1 aromatic carbocycles. The third-order valence-electron chi connectivity index (χ3n) is 2.43. The van der Waals surface area contributed by atoms with E-state index < -0.39 is 0 Å². The largest absolute Gasteiger partial charge is 0.353 e. The second-order valence-electron chi connectivity index (χ2n) is 3.94. The molecular formula is C13H15FN4. The molecule has 0 amide bonds. The number of benzene rings is 1. The van der Waals surface area contributed by atoms with Gasteiger partial charge in [0.15, 0.2) is 0 Å². The van der Waals surface area contributed by atoms with Crippen molar-refractivity contribution in [1.29, 1.82) is 0 Å². The van der Waals surface area contributed by atoms with Crippen LogP contribution in [-0.4, -0.2) is 23.1 Å². The Labute approximate surface area is 105 Å². The van der Waals surface area contributed by atoms with Crippen LogP contribution in [0.4, 0.5) is 10.3 Å². The molecule has 0 bridgehead atoms. The smallest absolute Gasteiger partial charge is 0.222 e. The number of nitrogens with two attached hydrogens (primary N) is 1. The first-order chi connectivity index (χ1) is 8.78. The van der Waals surface area contributed by atoms with Crippen molar-refractivity contribution in [2.45, 2.75) is 6.42 Å². The molecule has 0 unspecified atom stereocenters. The zero-order valence-corrected chi connectivity index (χ0v) is 9.94. The maximum absolute atomic E-state index is 13.0. The van der Waals surface area contributed by atoms with Crippen LogP contribution in [0.3, 0.4) is 0 Å². The highest BCUT2D eigenvalue weighted by Gasteiger charge is 2.00. The van der Waals surface area contributed by atoms with E-state index in [0.717, 1.165) is 11.1 Å². The van der Waals surface area contributed by atoms with Gasteiger partial charge in [0.25, 0.3) is 0 Å². The monoisotopic (exact) mass is 246 g/mol. The average molecular weight is 246 g/mol. The van der Waals surface area contributed by atoms with E-state index in [1.54, 1.807) is 18.5 Å². The number of halogens is 1. The molecule has 0 fully saturated rings. The van der Waals surface area contributed by atoms with Crippen molar-refractivity contribution in [1.82, 2.24) is 9.97 Å². The Kier molecular flexibility index (Phi) is 4.20. The van der Waals surface area contributed by atoms with Gasteiger partial charge in [-0.2, -0.15) is 0 Å². The van der Waals surface area contributed by atoms with Gasteiger partial charge < -0.3 is 11.1 Å². The Morgan fingerprint density at radius 3 is 2.61 bits per heavy atom. The van der Waals surface area contributed by atoms with Gasteiger partial charge in [0.1, 0.15) is 5.82 Å². The summed E-state index contributed by atoms with van der Waals surface area (Å²) in [5.74, 6) is 0.332. The van der Waals surface area contributed by atoms with E-state index in [1.807, 2.05) is 6.07 Å². The number of hydrogen-bond donors (Lipinski definition) is 2. The summed E-state index contributed by atoms with van der Waals surface area (Å²) < 4.78 is 13.0. The normalized spacial score (nSPS) is 10.3. The van der Waals surface area contributed by atoms with Crippen LogP contribution in [0, 0.1) is 5.82 Å². The molecule has 0 aliphatic carbocycles. The SMILES string of the molecule is NCCNc1ncc(Cc2cccc(F)c2)cn1. The number of nitrogens with zero attached hydrogens (tertiary/aromatic N) is 2. The van der Waals surface area contributed by atoms with E-state index in [2.05, 4.69) is 15.3 Å². The van der Waals surface area contributed by atoms with E-state index in [0.29, 0.717) is 25.5 Å². The van der Waals surface area contributed by atoms with Gasteiger partial charge in [-0.3, -0.25) is 0 Å². The number of aromatic nitrogens is 2. The van der Waals surface area contributed by atoms with Crippen LogP contribution in [0.25, 0.3) is 0 Å². The quantitative estimate of drug-likeness (QED) is 0.840. The average Bonchev–Trinajstić information content (AvgIpc) is 2.38. The molecule has 0 saturated heterocycles. The minimum atomic E-state index is -0.227. The molecule has 2 rings (SSSR count). The van der Waals surface area contributed by atoms with Crippen LogP contribution >= 0.6 is 0 Å². The molecular weight excluding hydrogens is 231 g/mol. The van der Waals surface area contributed by atoms with E-state index in [9.17, 15) is 4.39 Å². The molecule has 0 aliphatic heterocycles. The van der Waals surface area contributed by atoms with Crippen molar-refractivity contribution >= 4 is 5.95 Å². The van der Waals surface area contributed by atoms with E-state index >= 15 is 0 Å². The summed E-state index contributed by atoms with van der Waals surface area (Å²) in [4.78, 5) is 8.33. The molecule has 0 saturated carbocycles. The van der Waals surface area contributed by atoms with Gasteiger partial charge in [-0.05, 0) is 23.3 Å². The summed E-state index contributed by atoms with van der Waals surface area (Å²) in [6.07, 6.45) is 4.09. The molecule has 0 atom stereocenters. The van der Waals surface area contributed by atoms with Gasteiger partial charge in [-0.1, -0.05) is 12.1 Å².